The van der Waals surface area contributed by atoms with Crippen LogP contribution in [-0.4, -0.2) is 53.9 Å². The molecule has 0 spiro atoms. The minimum absolute atomic E-state index is 0.0485. The number of nitro benzene ring substituents is 1. The van der Waals surface area contributed by atoms with Gasteiger partial charge >= 0.3 is 5.69 Å². The number of halogens is 2. The first kappa shape index (κ1) is 17.6. The van der Waals surface area contributed by atoms with Crippen LogP contribution in [-0.2, 0) is 4.79 Å². The average molecular weight is 344 g/mol. The zero-order chi connectivity index (χ0) is 17.1. The van der Waals surface area contributed by atoms with Crippen LogP contribution in [0.15, 0.2) is 12.1 Å². The summed E-state index contributed by atoms with van der Waals surface area (Å²) in [5, 5.41) is 10.8. The number of rotatable bonds is 4. The fraction of sp³-hybridized carbons (Fsp3) is 0.533. The second-order valence-corrected chi connectivity index (χ2v) is 6.08. The third-order valence-electron chi connectivity index (χ3n) is 4.16. The summed E-state index contributed by atoms with van der Waals surface area (Å²) in [5.74, 6) is -1.68. The van der Waals surface area contributed by atoms with Crippen LogP contribution in [0.4, 0.5) is 10.1 Å². The molecule has 1 aromatic carbocycles. The molecule has 1 atom stereocenters. The van der Waals surface area contributed by atoms with Gasteiger partial charge in [-0.05, 0) is 25.1 Å². The third-order valence-corrected chi connectivity index (χ3v) is 4.49. The number of nitro groups is 1. The van der Waals surface area contributed by atoms with Crippen LogP contribution >= 0.6 is 11.6 Å². The molecular weight excluding hydrogens is 325 g/mol. The highest BCUT2D eigenvalue weighted by molar-refractivity contribution is 6.31. The van der Waals surface area contributed by atoms with Gasteiger partial charge in [0.2, 0.25) is 11.7 Å². The molecule has 1 saturated heterocycles. The molecule has 8 heteroatoms. The Hall–Kier alpha value is -1.73. The van der Waals surface area contributed by atoms with E-state index in [2.05, 4.69) is 4.90 Å². The molecule has 6 nitrogen and oxygen atoms in total. The van der Waals surface area contributed by atoms with Crippen molar-refractivity contribution < 1.29 is 14.1 Å². The number of carbonyl (C=O) groups excluding carboxylic acids is 1. The van der Waals surface area contributed by atoms with Crippen molar-refractivity contribution in [3.05, 3.63) is 38.7 Å². The summed E-state index contributed by atoms with van der Waals surface area (Å²) < 4.78 is 13.9. The Kier molecular flexibility index (Phi) is 5.54. The van der Waals surface area contributed by atoms with Gasteiger partial charge in [0, 0.05) is 32.2 Å². The second kappa shape index (κ2) is 7.23. The maximum Gasteiger partial charge on any atom is 0.306 e. The van der Waals surface area contributed by atoms with E-state index in [1.54, 1.807) is 4.90 Å². The Labute approximate surface area is 139 Å². The normalized spacial score (nSPS) is 17.1. The van der Waals surface area contributed by atoms with Gasteiger partial charge in [0.25, 0.3) is 0 Å². The number of nitrogens with zero attached hydrogens (tertiary/aromatic N) is 3. The zero-order valence-corrected chi connectivity index (χ0v) is 13.8. The zero-order valence-electron chi connectivity index (χ0n) is 13.1. The molecule has 23 heavy (non-hydrogen) atoms. The number of amides is 1. The summed E-state index contributed by atoms with van der Waals surface area (Å²) in [7, 11) is 1.99. The lowest BCUT2D eigenvalue weighted by Gasteiger charge is -2.34. The van der Waals surface area contributed by atoms with Crippen LogP contribution in [0.1, 0.15) is 24.8 Å². The molecule has 1 amide bonds. The fourth-order valence-electron chi connectivity index (χ4n) is 2.73. The van der Waals surface area contributed by atoms with E-state index in [0.717, 1.165) is 25.2 Å². The van der Waals surface area contributed by atoms with E-state index in [0.29, 0.717) is 25.1 Å². The van der Waals surface area contributed by atoms with Crippen molar-refractivity contribution in [2.24, 2.45) is 0 Å². The highest BCUT2D eigenvalue weighted by atomic mass is 35.5. The van der Waals surface area contributed by atoms with E-state index in [1.807, 2.05) is 14.0 Å². The molecule has 0 bridgehead atoms. The number of piperazine rings is 1. The van der Waals surface area contributed by atoms with Crippen molar-refractivity contribution in [1.29, 1.82) is 0 Å². The number of likely N-dealkylation sites (N-methyl/N-ethyl adjacent to an activating group) is 1. The van der Waals surface area contributed by atoms with Crippen molar-refractivity contribution in [1.82, 2.24) is 9.80 Å². The summed E-state index contributed by atoms with van der Waals surface area (Å²) >= 11 is 6.08. The van der Waals surface area contributed by atoms with Crippen LogP contribution in [0.3, 0.4) is 0 Å². The van der Waals surface area contributed by atoms with Gasteiger partial charge < -0.3 is 9.80 Å². The number of benzene rings is 1. The van der Waals surface area contributed by atoms with Crippen LogP contribution < -0.4 is 0 Å². The molecular formula is C15H19ClFN3O3. The summed E-state index contributed by atoms with van der Waals surface area (Å²) in [4.78, 5) is 26.5. The lowest BCUT2D eigenvalue weighted by Crippen LogP contribution is -2.48. The van der Waals surface area contributed by atoms with Gasteiger partial charge in [0.1, 0.15) is 0 Å². The topological polar surface area (TPSA) is 66.7 Å². The Morgan fingerprint density at radius 3 is 2.52 bits per heavy atom. The van der Waals surface area contributed by atoms with E-state index >= 15 is 0 Å². The monoisotopic (exact) mass is 343 g/mol. The van der Waals surface area contributed by atoms with E-state index < -0.39 is 22.3 Å². The first-order valence-corrected chi connectivity index (χ1v) is 7.83. The Morgan fingerprint density at radius 1 is 1.39 bits per heavy atom. The van der Waals surface area contributed by atoms with Crippen molar-refractivity contribution in [3.8, 4) is 0 Å². The van der Waals surface area contributed by atoms with Gasteiger partial charge in [-0.1, -0.05) is 18.5 Å². The molecule has 0 N–H and O–H groups in total. The summed E-state index contributed by atoms with van der Waals surface area (Å²) in [6.45, 7) is 4.60. The molecule has 1 aliphatic heterocycles. The lowest BCUT2D eigenvalue weighted by molar-refractivity contribution is -0.387. The number of hydrogen-bond acceptors (Lipinski definition) is 4. The molecule has 0 radical (unpaired) electrons. The highest BCUT2D eigenvalue weighted by Crippen LogP contribution is 2.33. The van der Waals surface area contributed by atoms with Gasteiger partial charge in [-0.15, -0.1) is 0 Å². The van der Waals surface area contributed by atoms with Gasteiger partial charge in [0.05, 0.1) is 15.9 Å². The molecule has 1 heterocycles. The van der Waals surface area contributed by atoms with E-state index in [-0.39, 0.29) is 10.9 Å². The number of hydrogen-bond donors (Lipinski definition) is 0. The van der Waals surface area contributed by atoms with Crippen molar-refractivity contribution in [2.75, 3.05) is 33.2 Å². The molecule has 0 saturated carbocycles. The first-order chi connectivity index (χ1) is 10.8. The summed E-state index contributed by atoms with van der Waals surface area (Å²) in [6, 6.07) is 1.99. The number of carbonyl (C=O) groups is 1. The Morgan fingerprint density at radius 2 is 2.00 bits per heavy atom. The molecule has 2 rings (SSSR count). The van der Waals surface area contributed by atoms with Crippen LogP contribution in [0.2, 0.25) is 5.02 Å². The average Bonchev–Trinajstić information content (AvgIpc) is 2.51. The van der Waals surface area contributed by atoms with Gasteiger partial charge in [-0.3, -0.25) is 14.9 Å². The molecule has 0 aromatic heterocycles. The Balaban J connectivity index is 2.28. The summed E-state index contributed by atoms with van der Waals surface area (Å²) in [5.41, 5.74) is -0.373. The molecule has 126 valence electrons. The third kappa shape index (κ3) is 3.79. The maximum atomic E-state index is 13.9. The fourth-order valence-corrected chi connectivity index (χ4v) is 3.02. The van der Waals surface area contributed by atoms with Crippen molar-refractivity contribution in [2.45, 2.75) is 19.3 Å². The van der Waals surface area contributed by atoms with Gasteiger partial charge in [-0.25, -0.2) is 0 Å². The minimum Gasteiger partial charge on any atom is -0.340 e. The summed E-state index contributed by atoms with van der Waals surface area (Å²) in [6.07, 6.45) is 0.447. The largest absolute Gasteiger partial charge is 0.340 e. The molecule has 1 aromatic rings. The predicted octanol–water partition coefficient (Wildman–Crippen LogP) is 2.65. The Bertz CT molecular complexity index is 618. The highest BCUT2D eigenvalue weighted by Gasteiger charge is 2.30. The molecule has 1 aliphatic rings. The minimum atomic E-state index is -0.973. The lowest BCUT2D eigenvalue weighted by atomic mass is 9.94. The van der Waals surface area contributed by atoms with Gasteiger partial charge in [-0.2, -0.15) is 4.39 Å². The van der Waals surface area contributed by atoms with Gasteiger partial charge in [0.15, 0.2) is 0 Å². The first-order valence-electron chi connectivity index (χ1n) is 7.45. The quantitative estimate of drug-likeness (QED) is 0.622. The molecule has 0 aliphatic carbocycles. The van der Waals surface area contributed by atoms with Crippen LogP contribution in [0.25, 0.3) is 0 Å². The second-order valence-electron chi connectivity index (χ2n) is 5.67. The maximum absolute atomic E-state index is 13.9. The van der Waals surface area contributed by atoms with E-state index in [4.69, 9.17) is 11.6 Å². The van der Waals surface area contributed by atoms with Crippen LogP contribution in [0.5, 0.6) is 0 Å². The van der Waals surface area contributed by atoms with E-state index in [9.17, 15) is 19.3 Å². The SMILES string of the molecule is CCC(C(=O)N1CCN(C)CC1)c1cc(F)c([N+](=O)[O-])cc1Cl. The standard InChI is InChI=1S/C15H19ClFN3O3/c1-3-10(15(21)19-6-4-18(2)5-7-19)11-8-13(17)14(20(22)23)9-12(11)16/h8-10H,3-7H2,1-2H3. The van der Waals surface area contributed by atoms with Crippen LogP contribution in [0, 0.1) is 15.9 Å². The molecule has 1 unspecified atom stereocenters. The van der Waals surface area contributed by atoms with E-state index in [1.165, 1.54) is 0 Å². The van der Waals surface area contributed by atoms with Crippen molar-refractivity contribution >= 4 is 23.2 Å². The smallest absolute Gasteiger partial charge is 0.306 e. The predicted molar refractivity (Wildman–Crippen MR) is 85.2 cm³/mol. The molecule has 1 fully saturated rings. The van der Waals surface area contributed by atoms with Crippen molar-refractivity contribution in [3.63, 3.8) is 0 Å².